The van der Waals surface area contributed by atoms with E-state index in [1.54, 1.807) is 56.0 Å². The average Bonchev–Trinajstić information content (AvgIpc) is 3.58. The normalized spacial score (nSPS) is 10.5. The van der Waals surface area contributed by atoms with Gasteiger partial charge in [0.05, 0.1) is 24.4 Å². The van der Waals surface area contributed by atoms with Gasteiger partial charge in [0.1, 0.15) is 5.75 Å². The van der Waals surface area contributed by atoms with Gasteiger partial charge in [-0.2, -0.15) is 5.10 Å². The Labute approximate surface area is 245 Å². The quantitative estimate of drug-likeness (QED) is 0.197. The molecule has 0 bridgehead atoms. The van der Waals surface area contributed by atoms with Crippen LogP contribution in [0.3, 0.4) is 0 Å². The molecule has 0 unspecified atom stereocenters. The molecular formula is C32H26FN5O5. The molecule has 0 saturated carbocycles. The number of aldehydes is 1. The molecule has 0 atom stereocenters. The van der Waals surface area contributed by atoms with Crippen LogP contribution >= 0.6 is 0 Å². The zero-order valence-electron chi connectivity index (χ0n) is 23.1. The number of ether oxygens (including phenoxy) is 2. The van der Waals surface area contributed by atoms with E-state index >= 15 is 0 Å². The smallest absolute Gasteiger partial charge is 0.265 e. The molecular weight excluding hydrogens is 553 g/mol. The van der Waals surface area contributed by atoms with Crippen molar-refractivity contribution in [3.8, 4) is 39.8 Å². The Morgan fingerprint density at radius 1 is 1.00 bits per heavy atom. The topological polar surface area (TPSA) is 131 Å². The van der Waals surface area contributed by atoms with E-state index in [1.807, 2.05) is 30.3 Å². The molecule has 0 aliphatic carbocycles. The van der Waals surface area contributed by atoms with Crippen molar-refractivity contribution in [3.63, 3.8) is 0 Å². The maximum atomic E-state index is 14.1. The molecule has 3 aromatic heterocycles. The highest BCUT2D eigenvalue weighted by Gasteiger charge is 2.13. The van der Waals surface area contributed by atoms with Crippen LogP contribution in [0.15, 0.2) is 102 Å². The minimum Gasteiger partial charge on any atom is -0.504 e. The molecule has 0 saturated heterocycles. The summed E-state index contributed by atoms with van der Waals surface area (Å²) in [7, 11) is 3.17. The number of benzene rings is 3. The van der Waals surface area contributed by atoms with Crippen LogP contribution in [-0.4, -0.2) is 45.3 Å². The number of aromatic nitrogens is 4. The Balaban J connectivity index is 0.000000173. The lowest BCUT2D eigenvalue weighted by molar-refractivity contribution is 0.112. The molecule has 43 heavy (non-hydrogen) atoms. The summed E-state index contributed by atoms with van der Waals surface area (Å²) in [6.45, 7) is 0. The first kappa shape index (κ1) is 28.6. The molecule has 216 valence electrons. The van der Waals surface area contributed by atoms with Gasteiger partial charge in [-0.05, 0) is 42.5 Å². The zero-order chi connectivity index (χ0) is 30.3. The highest BCUT2D eigenvalue weighted by Crippen LogP contribution is 2.37. The summed E-state index contributed by atoms with van der Waals surface area (Å²) in [6, 6.07) is 20.1. The van der Waals surface area contributed by atoms with Crippen molar-refractivity contribution in [2.75, 3.05) is 19.5 Å². The maximum Gasteiger partial charge on any atom is 0.265 e. The molecule has 3 heterocycles. The van der Waals surface area contributed by atoms with Crippen LogP contribution in [0.1, 0.15) is 10.4 Å². The monoisotopic (exact) mass is 579 g/mol. The predicted octanol–water partition coefficient (Wildman–Crippen LogP) is 5.96. The van der Waals surface area contributed by atoms with Crippen LogP contribution < -0.4 is 20.3 Å². The molecule has 0 radical (unpaired) electrons. The van der Waals surface area contributed by atoms with Crippen molar-refractivity contribution in [1.29, 1.82) is 0 Å². The minimum atomic E-state index is -0.479. The number of aromatic amines is 1. The van der Waals surface area contributed by atoms with Crippen molar-refractivity contribution in [1.82, 2.24) is 19.7 Å². The summed E-state index contributed by atoms with van der Waals surface area (Å²) in [5, 5.41) is 19.9. The Bertz CT molecular complexity index is 1940. The van der Waals surface area contributed by atoms with Crippen molar-refractivity contribution in [2.24, 2.45) is 0 Å². The standard InChI is InChI=1S/C17H15FN2O3.C15H11N3O2/c1-19-10-3-4-16(12(18)7-10)23-15-5-6-20-13-9-14(21)17(22-2)8-11(13)15;19-10-12-6-11(13-7-16-17-8-13)9-18(15(12)20)14-4-2-1-3-5-14/h3-9,19,21H,1-2H3;1-10H,(H,16,17). The number of aromatic hydroxyl groups is 1. The number of phenolic OH excluding ortho intramolecular Hbond substituents is 1. The molecule has 11 heteroatoms. The number of nitrogens with zero attached hydrogens (tertiary/aromatic N) is 3. The number of rotatable bonds is 7. The van der Waals surface area contributed by atoms with E-state index in [1.165, 1.54) is 30.0 Å². The Hall–Kier alpha value is -5.97. The van der Waals surface area contributed by atoms with E-state index < -0.39 is 5.82 Å². The number of fused-ring (bicyclic) bond motifs is 1. The molecule has 10 nitrogen and oxygen atoms in total. The molecule has 6 rings (SSSR count). The van der Waals surface area contributed by atoms with Crippen molar-refractivity contribution in [2.45, 2.75) is 0 Å². The summed E-state index contributed by atoms with van der Waals surface area (Å²) in [4.78, 5) is 27.5. The number of carbonyl (C=O) groups is 1. The summed E-state index contributed by atoms with van der Waals surface area (Å²) >= 11 is 0. The SMILES string of the molecule is CNc1ccc(Oc2ccnc3cc(O)c(OC)cc23)c(F)c1.O=Cc1cc(-c2cn[nH]c2)cn(-c2ccccc2)c1=O. The lowest BCUT2D eigenvalue weighted by atomic mass is 10.1. The Morgan fingerprint density at radius 3 is 2.49 bits per heavy atom. The first-order valence-electron chi connectivity index (χ1n) is 13.0. The summed E-state index contributed by atoms with van der Waals surface area (Å²) in [5.74, 6) is 0.316. The molecule has 0 amide bonds. The number of nitrogens with one attached hydrogen (secondary N) is 2. The molecule has 3 N–H and O–H groups in total. The third-order valence-corrected chi connectivity index (χ3v) is 6.48. The first-order chi connectivity index (χ1) is 20.9. The second-order valence-electron chi connectivity index (χ2n) is 9.15. The second kappa shape index (κ2) is 12.7. The Morgan fingerprint density at radius 2 is 1.81 bits per heavy atom. The van der Waals surface area contributed by atoms with Gasteiger partial charge in [0.15, 0.2) is 29.4 Å². The second-order valence-corrected chi connectivity index (χ2v) is 9.15. The third kappa shape index (κ3) is 6.20. The van der Waals surface area contributed by atoms with Gasteiger partial charge < -0.3 is 19.9 Å². The van der Waals surface area contributed by atoms with Gasteiger partial charge in [0, 0.05) is 65.7 Å². The Kier molecular flexibility index (Phi) is 8.43. The third-order valence-electron chi connectivity index (χ3n) is 6.48. The number of methoxy groups -OCH3 is 1. The van der Waals surface area contributed by atoms with Gasteiger partial charge in [-0.1, -0.05) is 18.2 Å². The fourth-order valence-corrected chi connectivity index (χ4v) is 4.28. The number of H-pyrrole nitrogens is 1. The lowest BCUT2D eigenvalue weighted by Gasteiger charge is -2.12. The maximum absolute atomic E-state index is 14.1. The van der Waals surface area contributed by atoms with Crippen molar-refractivity contribution >= 4 is 22.9 Å². The largest absolute Gasteiger partial charge is 0.504 e. The molecule has 3 aromatic carbocycles. The van der Waals surface area contributed by atoms with Crippen LogP contribution in [0.25, 0.3) is 27.7 Å². The molecule has 6 aromatic rings. The molecule has 0 aliphatic heterocycles. The van der Waals surface area contributed by atoms with Gasteiger partial charge in [0.25, 0.3) is 5.56 Å². The van der Waals surface area contributed by atoms with Crippen LogP contribution in [-0.2, 0) is 0 Å². The highest BCUT2D eigenvalue weighted by molar-refractivity contribution is 5.88. The predicted molar refractivity (Wildman–Crippen MR) is 161 cm³/mol. The number of phenols is 1. The number of para-hydroxylation sites is 1. The van der Waals surface area contributed by atoms with E-state index in [2.05, 4.69) is 20.5 Å². The number of halogens is 1. The first-order valence-corrected chi connectivity index (χ1v) is 13.0. The highest BCUT2D eigenvalue weighted by atomic mass is 19.1. The van der Waals surface area contributed by atoms with Gasteiger partial charge in [-0.3, -0.25) is 24.2 Å². The van der Waals surface area contributed by atoms with Gasteiger partial charge in [-0.25, -0.2) is 4.39 Å². The van der Waals surface area contributed by atoms with Crippen LogP contribution in [0.2, 0.25) is 0 Å². The zero-order valence-corrected chi connectivity index (χ0v) is 23.1. The van der Waals surface area contributed by atoms with Crippen molar-refractivity contribution in [3.05, 3.63) is 119 Å². The number of carbonyl (C=O) groups excluding carboxylic acids is 1. The van der Waals surface area contributed by atoms with Crippen LogP contribution in [0.4, 0.5) is 10.1 Å². The molecule has 0 aliphatic rings. The van der Waals surface area contributed by atoms with Crippen molar-refractivity contribution < 1.29 is 23.8 Å². The van der Waals surface area contributed by atoms with Gasteiger partial charge >= 0.3 is 0 Å². The summed E-state index contributed by atoms with van der Waals surface area (Å²) in [5.41, 5.74) is 3.24. The van der Waals surface area contributed by atoms with Crippen LogP contribution in [0.5, 0.6) is 23.0 Å². The lowest BCUT2D eigenvalue weighted by Crippen LogP contribution is -2.21. The van der Waals surface area contributed by atoms with Crippen LogP contribution in [0, 0.1) is 5.82 Å². The van der Waals surface area contributed by atoms with E-state index in [4.69, 9.17) is 9.47 Å². The fourth-order valence-electron chi connectivity index (χ4n) is 4.28. The van der Waals surface area contributed by atoms with E-state index in [0.717, 1.165) is 11.1 Å². The van der Waals surface area contributed by atoms with Gasteiger partial charge in [-0.15, -0.1) is 0 Å². The van der Waals surface area contributed by atoms with Gasteiger partial charge in [0.2, 0.25) is 0 Å². The number of anilines is 1. The number of hydrogen-bond acceptors (Lipinski definition) is 8. The molecule has 0 fully saturated rings. The summed E-state index contributed by atoms with van der Waals surface area (Å²) in [6.07, 6.45) is 7.16. The molecule has 0 spiro atoms. The minimum absolute atomic E-state index is 0.0193. The number of pyridine rings is 2. The summed E-state index contributed by atoms with van der Waals surface area (Å²) < 4.78 is 26.3. The van der Waals surface area contributed by atoms with E-state index in [9.17, 15) is 19.1 Å². The average molecular weight is 580 g/mol. The number of hydrogen-bond donors (Lipinski definition) is 3. The van der Waals surface area contributed by atoms with E-state index in [0.29, 0.717) is 40.1 Å². The fraction of sp³-hybridized carbons (Fsp3) is 0.0625. The van der Waals surface area contributed by atoms with E-state index in [-0.39, 0.29) is 22.6 Å².